The maximum Gasteiger partial charge on any atom is 0.240 e. The molecule has 1 aromatic carbocycles. The molecule has 0 spiro atoms. The third-order valence-electron chi connectivity index (χ3n) is 7.38. The summed E-state index contributed by atoms with van der Waals surface area (Å²) in [5, 5.41) is 13.0. The van der Waals surface area contributed by atoms with Crippen molar-refractivity contribution in [2.24, 2.45) is 17.8 Å². The van der Waals surface area contributed by atoms with Gasteiger partial charge in [0, 0.05) is 23.9 Å². The van der Waals surface area contributed by atoms with Gasteiger partial charge in [0.05, 0.1) is 4.90 Å². The van der Waals surface area contributed by atoms with Crippen LogP contribution in [0.5, 0.6) is 0 Å². The quantitative estimate of drug-likeness (QED) is 0.549. The number of ketones is 1. The Kier molecular flexibility index (Phi) is 5.86. The number of amides is 1. The van der Waals surface area contributed by atoms with Gasteiger partial charge in [-0.2, -0.15) is 0 Å². The SMILES string of the molecule is CC(=O)c1ccc(S(=O)(=O)NCCC(=O)Nc2nnc(C34CC5CC(CC(C5)C3)C4)s2)cc1. The molecule has 4 aliphatic rings. The molecule has 6 rings (SSSR count). The second kappa shape index (κ2) is 8.56. The number of anilines is 1. The number of carbonyl (C=O) groups is 2. The lowest BCUT2D eigenvalue weighted by molar-refractivity contribution is -0.116. The minimum atomic E-state index is -3.76. The van der Waals surface area contributed by atoms with Gasteiger partial charge in [-0.3, -0.25) is 9.59 Å². The van der Waals surface area contributed by atoms with Crippen LogP contribution in [0.4, 0.5) is 5.13 Å². The number of nitrogens with zero attached hydrogens (tertiary/aromatic N) is 2. The van der Waals surface area contributed by atoms with E-state index in [0.29, 0.717) is 10.7 Å². The average molecular weight is 489 g/mol. The zero-order valence-corrected chi connectivity index (χ0v) is 20.2. The Bertz CT molecular complexity index is 1140. The van der Waals surface area contributed by atoms with Gasteiger partial charge >= 0.3 is 0 Å². The first-order valence-corrected chi connectivity index (χ1v) is 13.8. The number of rotatable bonds is 8. The summed E-state index contributed by atoms with van der Waals surface area (Å²) in [6.45, 7) is 1.38. The predicted molar refractivity (Wildman–Crippen MR) is 125 cm³/mol. The first kappa shape index (κ1) is 22.6. The van der Waals surface area contributed by atoms with E-state index in [1.807, 2.05) is 0 Å². The molecule has 0 saturated heterocycles. The Balaban J connectivity index is 1.15. The third-order valence-corrected chi connectivity index (χ3v) is 9.94. The van der Waals surface area contributed by atoms with Crippen LogP contribution in [0.3, 0.4) is 0 Å². The normalized spacial score (nSPS) is 28.1. The van der Waals surface area contributed by atoms with Gasteiger partial charge in [0.2, 0.25) is 21.1 Å². The van der Waals surface area contributed by atoms with Crippen molar-refractivity contribution >= 4 is 38.2 Å². The zero-order chi connectivity index (χ0) is 23.2. The molecule has 8 nitrogen and oxygen atoms in total. The largest absolute Gasteiger partial charge is 0.300 e. The minimum absolute atomic E-state index is 0.0168. The lowest BCUT2D eigenvalue weighted by Gasteiger charge is -2.55. The second-order valence-corrected chi connectivity index (χ2v) is 12.6. The molecule has 2 N–H and O–H groups in total. The van der Waals surface area contributed by atoms with Gasteiger partial charge in [0.25, 0.3) is 0 Å². The van der Waals surface area contributed by atoms with E-state index in [0.717, 1.165) is 22.8 Å². The highest BCUT2D eigenvalue weighted by atomic mass is 32.2. The molecule has 10 heteroatoms. The van der Waals surface area contributed by atoms with Gasteiger partial charge in [-0.25, -0.2) is 13.1 Å². The average Bonchev–Trinajstić information content (AvgIpc) is 3.22. The summed E-state index contributed by atoms with van der Waals surface area (Å²) in [5.74, 6) is 1.99. The van der Waals surface area contributed by atoms with Crippen LogP contribution in [0, 0.1) is 17.8 Å². The van der Waals surface area contributed by atoms with Gasteiger partial charge in [-0.1, -0.05) is 23.5 Å². The summed E-state index contributed by atoms with van der Waals surface area (Å²) in [5.41, 5.74) is 0.585. The number of sulfonamides is 1. The molecular weight excluding hydrogens is 460 g/mol. The van der Waals surface area contributed by atoms with Crippen LogP contribution >= 0.6 is 11.3 Å². The molecule has 33 heavy (non-hydrogen) atoms. The fraction of sp³-hybridized carbons (Fsp3) is 0.565. The second-order valence-electron chi connectivity index (χ2n) is 9.89. The Morgan fingerprint density at radius 2 is 1.64 bits per heavy atom. The summed E-state index contributed by atoms with van der Waals surface area (Å²) < 4.78 is 27.3. The number of hydrogen-bond donors (Lipinski definition) is 2. The number of carbonyl (C=O) groups excluding carboxylic acids is 2. The van der Waals surface area contributed by atoms with E-state index in [1.54, 1.807) is 0 Å². The Morgan fingerprint density at radius 3 is 2.21 bits per heavy atom. The Labute approximate surface area is 197 Å². The maximum atomic E-state index is 12.4. The predicted octanol–water partition coefficient (Wildman–Crippen LogP) is 3.52. The number of benzene rings is 1. The van der Waals surface area contributed by atoms with Crippen molar-refractivity contribution < 1.29 is 18.0 Å². The van der Waals surface area contributed by atoms with Gasteiger partial charge < -0.3 is 5.32 Å². The summed E-state index contributed by atoms with van der Waals surface area (Å²) in [6, 6.07) is 5.71. The monoisotopic (exact) mass is 488 g/mol. The summed E-state index contributed by atoms with van der Waals surface area (Å²) in [6.07, 6.45) is 7.64. The van der Waals surface area contributed by atoms with Gasteiger partial charge in [0.15, 0.2) is 5.78 Å². The van der Waals surface area contributed by atoms with Crippen LogP contribution in [0.1, 0.15) is 67.2 Å². The van der Waals surface area contributed by atoms with Crippen LogP contribution in [-0.2, 0) is 20.2 Å². The number of Topliss-reactive ketones (excluding diaryl/α,β-unsaturated/α-hetero) is 1. The highest BCUT2D eigenvalue weighted by Crippen LogP contribution is 2.61. The lowest BCUT2D eigenvalue weighted by atomic mass is 9.50. The fourth-order valence-corrected chi connectivity index (χ4v) is 8.30. The highest BCUT2D eigenvalue weighted by molar-refractivity contribution is 7.89. The van der Waals surface area contributed by atoms with E-state index in [9.17, 15) is 18.0 Å². The maximum absolute atomic E-state index is 12.4. The van der Waals surface area contributed by atoms with Crippen LogP contribution in [0.25, 0.3) is 0 Å². The van der Waals surface area contributed by atoms with Crippen molar-refractivity contribution in [3.8, 4) is 0 Å². The zero-order valence-electron chi connectivity index (χ0n) is 18.5. The molecular formula is C23H28N4O4S2. The van der Waals surface area contributed by atoms with Crippen molar-refractivity contribution in [1.29, 1.82) is 0 Å². The van der Waals surface area contributed by atoms with Crippen LogP contribution in [0.15, 0.2) is 29.2 Å². The van der Waals surface area contributed by atoms with Crippen molar-refractivity contribution in [3.05, 3.63) is 34.8 Å². The molecule has 4 aliphatic carbocycles. The van der Waals surface area contributed by atoms with Crippen molar-refractivity contribution in [2.45, 2.75) is 62.2 Å². The van der Waals surface area contributed by atoms with Gasteiger partial charge in [0.1, 0.15) is 5.01 Å². The molecule has 0 aliphatic heterocycles. The molecule has 4 bridgehead atoms. The lowest BCUT2D eigenvalue weighted by Crippen LogP contribution is -2.48. The molecule has 1 aromatic heterocycles. The molecule has 1 heterocycles. The molecule has 0 atom stereocenters. The van der Waals surface area contributed by atoms with Crippen molar-refractivity contribution in [2.75, 3.05) is 11.9 Å². The summed E-state index contributed by atoms with van der Waals surface area (Å²) in [7, 11) is -3.76. The van der Waals surface area contributed by atoms with E-state index in [4.69, 9.17) is 0 Å². The molecule has 4 fully saturated rings. The number of hydrogen-bond acceptors (Lipinski definition) is 7. The first-order valence-electron chi connectivity index (χ1n) is 11.5. The summed E-state index contributed by atoms with van der Waals surface area (Å²) in [4.78, 5) is 23.8. The van der Waals surface area contributed by atoms with E-state index < -0.39 is 10.0 Å². The van der Waals surface area contributed by atoms with Crippen LogP contribution in [-0.4, -0.2) is 36.9 Å². The van der Waals surface area contributed by atoms with Gasteiger partial charge in [-0.15, -0.1) is 10.2 Å². The van der Waals surface area contributed by atoms with Crippen LogP contribution in [0.2, 0.25) is 0 Å². The number of aromatic nitrogens is 2. The molecule has 176 valence electrons. The first-order chi connectivity index (χ1) is 15.7. The molecule has 0 unspecified atom stereocenters. The van der Waals surface area contributed by atoms with Crippen molar-refractivity contribution in [1.82, 2.24) is 14.9 Å². The topological polar surface area (TPSA) is 118 Å². The van der Waals surface area contributed by atoms with E-state index in [1.165, 1.54) is 81.1 Å². The fourth-order valence-electron chi connectivity index (χ4n) is 6.29. The highest BCUT2D eigenvalue weighted by Gasteiger charge is 2.53. The third kappa shape index (κ3) is 4.61. The standard InChI is InChI=1S/C23H28N4O4S2/c1-14(28)18-2-4-19(5-3-18)33(30,31)24-7-6-20(29)25-22-27-26-21(32-22)23-11-15-8-16(12-23)10-17(9-15)13-23/h2-5,15-17,24H,6-13H2,1H3,(H,25,27,29). The minimum Gasteiger partial charge on any atom is -0.300 e. The molecule has 4 saturated carbocycles. The van der Waals surface area contributed by atoms with E-state index in [-0.39, 0.29) is 35.0 Å². The molecule has 0 radical (unpaired) electrons. The van der Waals surface area contributed by atoms with E-state index >= 15 is 0 Å². The number of nitrogens with one attached hydrogen (secondary N) is 2. The van der Waals surface area contributed by atoms with Crippen molar-refractivity contribution in [3.63, 3.8) is 0 Å². The Morgan fingerprint density at radius 1 is 1.03 bits per heavy atom. The van der Waals surface area contributed by atoms with Crippen LogP contribution < -0.4 is 10.0 Å². The Hall–Kier alpha value is -2.17. The molecule has 2 aromatic rings. The molecule has 1 amide bonds. The van der Waals surface area contributed by atoms with E-state index in [2.05, 4.69) is 20.2 Å². The summed E-state index contributed by atoms with van der Waals surface area (Å²) >= 11 is 1.47. The van der Waals surface area contributed by atoms with Gasteiger partial charge in [-0.05, 0) is 75.3 Å². The smallest absolute Gasteiger partial charge is 0.240 e.